The zero-order valence-electron chi connectivity index (χ0n) is 8.19. The Labute approximate surface area is 90.4 Å². The maximum absolute atomic E-state index is 11.3. The lowest BCUT2D eigenvalue weighted by atomic mass is 10.4. The first-order chi connectivity index (χ1) is 7.41. The molecule has 0 aliphatic rings. The van der Waals surface area contributed by atoms with Crippen LogP contribution in [0.4, 0.5) is 5.69 Å². The van der Waals surface area contributed by atoms with Crippen LogP contribution in [0.3, 0.4) is 0 Å². The van der Waals surface area contributed by atoms with Gasteiger partial charge in [0, 0.05) is 12.5 Å². The molecule has 0 saturated carbocycles. The SMILES string of the molecule is CS(=O)(=O)c1nn2ccccc2c1[N+](=O)[O-]. The Bertz CT molecular complexity index is 674. The molecule has 2 heterocycles. The number of hydrogen-bond donors (Lipinski definition) is 0. The van der Waals surface area contributed by atoms with Gasteiger partial charge in [-0.25, -0.2) is 12.9 Å². The number of hydrogen-bond acceptors (Lipinski definition) is 5. The molecule has 84 valence electrons. The number of rotatable bonds is 2. The quantitative estimate of drug-likeness (QED) is 0.568. The molecule has 0 amide bonds. The molecule has 0 saturated heterocycles. The van der Waals surface area contributed by atoms with Crippen molar-refractivity contribution in [3.63, 3.8) is 0 Å². The van der Waals surface area contributed by atoms with E-state index in [1.807, 2.05) is 0 Å². The molecule has 0 fully saturated rings. The monoisotopic (exact) mass is 241 g/mol. The zero-order valence-corrected chi connectivity index (χ0v) is 9.01. The number of sulfone groups is 1. The largest absolute Gasteiger partial charge is 0.333 e. The molecule has 0 radical (unpaired) electrons. The van der Waals surface area contributed by atoms with Crippen molar-refractivity contribution in [2.24, 2.45) is 0 Å². The van der Waals surface area contributed by atoms with Crippen LogP contribution >= 0.6 is 0 Å². The topological polar surface area (TPSA) is 94.6 Å². The molecule has 0 atom stereocenters. The number of nitro groups is 1. The van der Waals surface area contributed by atoms with Crippen LogP contribution in [0.5, 0.6) is 0 Å². The second-order valence-electron chi connectivity index (χ2n) is 3.21. The van der Waals surface area contributed by atoms with Gasteiger partial charge in [0.25, 0.3) is 5.03 Å². The maximum Gasteiger partial charge on any atom is 0.333 e. The third-order valence-electron chi connectivity index (χ3n) is 2.02. The zero-order chi connectivity index (χ0) is 11.9. The second kappa shape index (κ2) is 3.27. The van der Waals surface area contributed by atoms with Crippen LogP contribution in [0.1, 0.15) is 0 Å². The van der Waals surface area contributed by atoms with E-state index in [9.17, 15) is 18.5 Å². The van der Waals surface area contributed by atoms with Crippen LogP contribution in [0, 0.1) is 10.1 Å². The molecule has 2 aromatic heterocycles. The van der Waals surface area contributed by atoms with Gasteiger partial charge in [-0.2, -0.15) is 0 Å². The van der Waals surface area contributed by atoms with Gasteiger partial charge in [0.15, 0.2) is 0 Å². The van der Waals surface area contributed by atoms with E-state index in [1.54, 1.807) is 12.1 Å². The summed E-state index contributed by atoms with van der Waals surface area (Å²) in [6.07, 6.45) is 2.35. The first-order valence-electron chi connectivity index (χ1n) is 4.23. The van der Waals surface area contributed by atoms with Crippen molar-refractivity contribution in [3.05, 3.63) is 34.5 Å². The molecule has 0 aliphatic carbocycles. The van der Waals surface area contributed by atoms with E-state index in [0.29, 0.717) is 0 Å². The molecule has 0 spiro atoms. The molecule has 0 N–H and O–H groups in total. The predicted octanol–water partition coefficient (Wildman–Crippen LogP) is 0.646. The van der Waals surface area contributed by atoms with Crippen LogP contribution in [0.15, 0.2) is 29.4 Å². The van der Waals surface area contributed by atoms with E-state index in [2.05, 4.69) is 5.10 Å². The Morgan fingerprint density at radius 3 is 2.69 bits per heavy atom. The summed E-state index contributed by atoms with van der Waals surface area (Å²) < 4.78 is 23.9. The van der Waals surface area contributed by atoms with Gasteiger partial charge in [-0.05, 0) is 12.1 Å². The summed E-state index contributed by atoms with van der Waals surface area (Å²) in [7, 11) is -3.71. The molecule has 0 bridgehead atoms. The molecule has 8 heteroatoms. The number of nitrogens with zero attached hydrogens (tertiary/aromatic N) is 3. The standard InChI is InChI=1S/C8H7N3O4S/c1-16(14,15)8-7(11(12)13)6-4-2-3-5-10(6)9-8/h2-5H,1H3. The fourth-order valence-corrected chi connectivity index (χ4v) is 2.15. The normalized spacial score (nSPS) is 11.8. The highest BCUT2D eigenvalue weighted by Crippen LogP contribution is 2.27. The van der Waals surface area contributed by atoms with E-state index in [4.69, 9.17) is 0 Å². The van der Waals surface area contributed by atoms with E-state index in [-0.39, 0.29) is 5.52 Å². The summed E-state index contributed by atoms with van der Waals surface area (Å²) in [5.41, 5.74) is -0.323. The maximum atomic E-state index is 11.3. The van der Waals surface area contributed by atoms with Gasteiger partial charge in [-0.15, -0.1) is 5.10 Å². The molecular formula is C8H7N3O4S. The second-order valence-corrected chi connectivity index (χ2v) is 5.14. The first-order valence-corrected chi connectivity index (χ1v) is 6.12. The lowest BCUT2D eigenvalue weighted by Crippen LogP contribution is -2.01. The van der Waals surface area contributed by atoms with E-state index in [1.165, 1.54) is 16.8 Å². The number of aromatic nitrogens is 2. The minimum absolute atomic E-state index is 0.160. The van der Waals surface area contributed by atoms with Crippen LogP contribution in [0.25, 0.3) is 5.52 Å². The van der Waals surface area contributed by atoms with Crippen molar-refractivity contribution >= 4 is 21.0 Å². The van der Waals surface area contributed by atoms with E-state index >= 15 is 0 Å². The van der Waals surface area contributed by atoms with Crippen LogP contribution in [-0.4, -0.2) is 29.2 Å². The molecule has 0 aromatic carbocycles. The minimum atomic E-state index is -3.71. The molecule has 7 nitrogen and oxygen atoms in total. The third-order valence-corrected chi connectivity index (χ3v) is 2.99. The van der Waals surface area contributed by atoms with Gasteiger partial charge < -0.3 is 0 Å². The van der Waals surface area contributed by atoms with Crippen molar-refractivity contribution in [1.29, 1.82) is 0 Å². The fourth-order valence-electron chi connectivity index (χ4n) is 1.39. The number of pyridine rings is 1. The Morgan fingerprint density at radius 1 is 1.44 bits per heavy atom. The summed E-state index contributed by atoms with van der Waals surface area (Å²) in [5.74, 6) is 0. The van der Waals surface area contributed by atoms with Crippen LogP contribution in [0.2, 0.25) is 0 Å². The van der Waals surface area contributed by atoms with Gasteiger partial charge in [0.1, 0.15) is 5.52 Å². The molecule has 2 aromatic rings. The predicted molar refractivity (Wildman–Crippen MR) is 55.0 cm³/mol. The van der Waals surface area contributed by atoms with Crippen molar-refractivity contribution in [2.45, 2.75) is 5.03 Å². The Morgan fingerprint density at radius 2 is 2.12 bits per heavy atom. The highest BCUT2D eigenvalue weighted by atomic mass is 32.2. The lowest BCUT2D eigenvalue weighted by Gasteiger charge is -1.90. The van der Waals surface area contributed by atoms with Gasteiger partial charge >= 0.3 is 5.69 Å². The van der Waals surface area contributed by atoms with Crippen molar-refractivity contribution in [2.75, 3.05) is 6.26 Å². The highest BCUT2D eigenvalue weighted by Gasteiger charge is 2.29. The Balaban J connectivity index is 2.95. The minimum Gasteiger partial charge on any atom is -0.258 e. The third kappa shape index (κ3) is 1.52. The summed E-state index contributed by atoms with van der Waals surface area (Å²) in [6.45, 7) is 0. The van der Waals surface area contributed by atoms with E-state index < -0.39 is 25.5 Å². The van der Waals surface area contributed by atoms with Crippen molar-refractivity contribution in [3.8, 4) is 0 Å². The van der Waals surface area contributed by atoms with E-state index in [0.717, 1.165) is 6.26 Å². The fraction of sp³-hybridized carbons (Fsp3) is 0.125. The summed E-state index contributed by atoms with van der Waals surface area (Å²) >= 11 is 0. The van der Waals surface area contributed by atoms with Gasteiger partial charge in [0.2, 0.25) is 9.84 Å². The van der Waals surface area contributed by atoms with Crippen LogP contribution < -0.4 is 0 Å². The molecular weight excluding hydrogens is 234 g/mol. The lowest BCUT2D eigenvalue weighted by molar-refractivity contribution is -0.386. The molecule has 2 rings (SSSR count). The van der Waals surface area contributed by atoms with Gasteiger partial charge in [0.05, 0.1) is 4.92 Å². The summed E-state index contributed by atoms with van der Waals surface area (Å²) in [4.78, 5) is 10.1. The van der Waals surface area contributed by atoms with Gasteiger partial charge in [-0.1, -0.05) is 6.07 Å². The van der Waals surface area contributed by atoms with Crippen molar-refractivity contribution in [1.82, 2.24) is 9.61 Å². The molecule has 0 unspecified atom stereocenters. The molecule has 16 heavy (non-hydrogen) atoms. The Kier molecular flexibility index (Phi) is 2.16. The summed E-state index contributed by atoms with van der Waals surface area (Å²) in [6, 6.07) is 4.63. The average Bonchev–Trinajstić information content (AvgIpc) is 2.55. The number of fused-ring (bicyclic) bond motifs is 1. The van der Waals surface area contributed by atoms with Gasteiger partial charge in [-0.3, -0.25) is 10.1 Å². The average molecular weight is 241 g/mol. The molecule has 0 aliphatic heterocycles. The smallest absolute Gasteiger partial charge is 0.258 e. The first kappa shape index (κ1) is 10.6. The Hall–Kier alpha value is -1.96. The van der Waals surface area contributed by atoms with Crippen molar-refractivity contribution < 1.29 is 13.3 Å². The van der Waals surface area contributed by atoms with Crippen LogP contribution in [-0.2, 0) is 9.84 Å². The summed E-state index contributed by atoms with van der Waals surface area (Å²) in [5, 5.41) is 14.0. The highest BCUT2D eigenvalue weighted by molar-refractivity contribution is 7.90.